The number of sulfonamides is 1. The third kappa shape index (κ3) is 5.93. The fourth-order valence-corrected chi connectivity index (χ4v) is 3.19. The molecule has 0 spiro atoms. The Morgan fingerprint density at radius 2 is 1.70 bits per heavy atom. The molecular weight excluding hydrogens is 316 g/mol. The highest BCUT2D eigenvalue weighted by atomic mass is 32.2. The van der Waals surface area contributed by atoms with Gasteiger partial charge >= 0.3 is 0 Å². The van der Waals surface area contributed by atoms with E-state index in [9.17, 15) is 13.2 Å². The van der Waals surface area contributed by atoms with Crippen LogP contribution in [0.1, 0.15) is 37.0 Å². The standard InChI is InChI=1S/C16H26N2O4S/c1-4-11-18(12-5-2)16(19)14-6-8-15(9-7-14)23(20,21)17-10-13-22-3/h6-9,17H,4-5,10-13H2,1-3H3. The van der Waals surface area contributed by atoms with Gasteiger partial charge in [0.15, 0.2) is 0 Å². The number of carbonyl (C=O) groups is 1. The number of hydrogen-bond acceptors (Lipinski definition) is 4. The van der Waals surface area contributed by atoms with Crippen LogP contribution in [0, 0.1) is 0 Å². The number of nitrogens with zero attached hydrogens (tertiary/aromatic N) is 1. The third-order valence-electron chi connectivity index (χ3n) is 3.28. The highest BCUT2D eigenvalue weighted by Gasteiger charge is 2.17. The van der Waals surface area contributed by atoms with Gasteiger partial charge in [0.2, 0.25) is 10.0 Å². The van der Waals surface area contributed by atoms with Gasteiger partial charge in [0.1, 0.15) is 0 Å². The van der Waals surface area contributed by atoms with Gasteiger partial charge in [-0.25, -0.2) is 13.1 Å². The van der Waals surface area contributed by atoms with Crippen molar-refractivity contribution in [1.82, 2.24) is 9.62 Å². The zero-order chi connectivity index (χ0) is 17.3. The Labute approximate surface area is 138 Å². The number of benzene rings is 1. The lowest BCUT2D eigenvalue weighted by molar-refractivity contribution is 0.0755. The minimum Gasteiger partial charge on any atom is -0.383 e. The molecule has 0 heterocycles. The van der Waals surface area contributed by atoms with Crippen LogP contribution >= 0.6 is 0 Å². The van der Waals surface area contributed by atoms with Crippen molar-refractivity contribution < 1.29 is 17.9 Å². The molecule has 0 radical (unpaired) electrons. The molecule has 0 saturated carbocycles. The summed E-state index contributed by atoms with van der Waals surface area (Å²) in [5.41, 5.74) is 0.503. The second-order valence-electron chi connectivity index (χ2n) is 5.21. The molecule has 0 bridgehead atoms. The normalized spacial score (nSPS) is 11.4. The second kappa shape index (κ2) is 9.64. The van der Waals surface area contributed by atoms with Gasteiger partial charge in [-0.1, -0.05) is 13.8 Å². The van der Waals surface area contributed by atoms with Gasteiger partial charge in [-0.2, -0.15) is 0 Å². The lowest BCUT2D eigenvalue weighted by Gasteiger charge is -2.21. The first kappa shape index (κ1) is 19.6. The van der Waals surface area contributed by atoms with E-state index in [2.05, 4.69) is 4.72 Å². The Morgan fingerprint density at radius 3 is 2.17 bits per heavy atom. The summed E-state index contributed by atoms with van der Waals surface area (Å²) in [5, 5.41) is 0. The molecule has 130 valence electrons. The summed E-state index contributed by atoms with van der Waals surface area (Å²) in [6, 6.07) is 6.04. The lowest BCUT2D eigenvalue weighted by atomic mass is 10.2. The fraction of sp³-hybridized carbons (Fsp3) is 0.562. The predicted molar refractivity (Wildman–Crippen MR) is 90.0 cm³/mol. The molecule has 0 aliphatic rings. The van der Waals surface area contributed by atoms with E-state index in [0.717, 1.165) is 12.8 Å². The van der Waals surface area contributed by atoms with Crippen LogP contribution < -0.4 is 4.72 Å². The first-order chi connectivity index (χ1) is 11.0. The largest absolute Gasteiger partial charge is 0.383 e. The van der Waals surface area contributed by atoms with Crippen molar-refractivity contribution in [2.75, 3.05) is 33.4 Å². The predicted octanol–water partition coefficient (Wildman–Crippen LogP) is 1.87. The smallest absolute Gasteiger partial charge is 0.253 e. The molecule has 0 atom stereocenters. The summed E-state index contributed by atoms with van der Waals surface area (Å²) in [4.78, 5) is 14.4. The maximum atomic E-state index is 12.4. The Kier molecular flexibility index (Phi) is 8.22. The highest BCUT2D eigenvalue weighted by Crippen LogP contribution is 2.13. The van der Waals surface area contributed by atoms with Gasteiger partial charge in [-0.05, 0) is 37.1 Å². The molecule has 6 nitrogen and oxygen atoms in total. The first-order valence-corrected chi connectivity index (χ1v) is 9.32. The molecule has 1 rings (SSSR count). The minimum atomic E-state index is -3.57. The number of nitrogens with one attached hydrogen (secondary N) is 1. The quantitative estimate of drug-likeness (QED) is 0.659. The van der Waals surface area contributed by atoms with Crippen LogP contribution in [0.4, 0.5) is 0 Å². The topological polar surface area (TPSA) is 75.7 Å². The molecule has 23 heavy (non-hydrogen) atoms. The van der Waals surface area contributed by atoms with Gasteiger partial charge < -0.3 is 9.64 Å². The number of amides is 1. The maximum absolute atomic E-state index is 12.4. The molecular formula is C16H26N2O4S. The molecule has 1 amide bonds. The van der Waals surface area contributed by atoms with Crippen LogP contribution in [-0.2, 0) is 14.8 Å². The summed E-state index contributed by atoms with van der Waals surface area (Å²) in [5.74, 6) is -0.0648. The van der Waals surface area contributed by atoms with Gasteiger partial charge in [0.25, 0.3) is 5.91 Å². The summed E-state index contributed by atoms with van der Waals surface area (Å²) < 4.78 is 31.4. The van der Waals surface area contributed by atoms with Crippen molar-refractivity contribution >= 4 is 15.9 Å². The minimum absolute atomic E-state index is 0.0648. The monoisotopic (exact) mass is 342 g/mol. The molecule has 0 unspecified atom stereocenters. The van der Waals surface area contributed by atoms with Crippen LogP contribution in [-0.4, -0.2) is 52.6 Å². The van der Waals surface area contributed by atoms with Crippen molar-refractivity contribution in [2.45, 2.75) is 31.6 Å². The van der Waals surface area contributed by atoms with Crippen LogP contribution in [0.3, 0.4) is 0 Å². The summed E-state index contributed by atoms with van der Waals surface area (Å²) in [7, 11) is -2.06. The Bertz CT molecular complexity index is 579. The van der Waals surface area contributed by atoms with E-state index in [-0.39, 0.29) is 17.3 Å². The Balaban J connectivity index is 2.84. The molecule has 0 fully saturated rings. The van der Waals surface area contributed by atoms with Gasteiger partial charge in [-0.15, -0.1) is 0 Å². The average molecular weight is 342 g/mol. The van der Waals surface area contributed by atoms with Crippen molar-refractivity contribution in [3.8, 4) is 0 Å². The summed E-state index contributed by atoms with van der Waals surface area (Å²) in [6.07, 6.45) is 1.78. The molecule has 0 saturated heterocycles. The zero-order valence-electron chi connectivity index (χ0n) is 14.0. The van der Waals surface area contributed by atoms with Gasteiger partial charge in [0.05, 0.1) is 11.5 Å². The molecule has 1 N–H and O–H groups in total. The number of rotatable bonds is 10. The fourth-order valence-electron chi connectivity index (χ4n) is 2.18. The molecule has 1 aromatic carbocycles. The Hall–Kier alpha value is -1.44. The number of hydrogen-bond donors (Lipinski definition) is 1. The van der Waals surface area contributed by atoms with Crippen LogP contribution in [0.25, 0.3) is 0 Å². The molecule has 7 heteroatoms. The van der Waals surface area contributed by atoms with E-state index in [0.29, 0.717) is 25.3 Å². The average Bonchev–Trinajstić information content (AvgIpc) is 2.54. The summed E-state index contributed by atoms with van der Waals surface area (Å²) >= 11 is 0. The van der Waals surface area contributed by atoms with Crippen molar-refractivity contribution in [3.05, 3.63) is 29.8 Å². The van der Waals surface area contributed by atoms with E-state index in [1.807, 2.05) is 13.8 Å². The van der Waals surface area contributed by atoms with E-state index < -0.39 is 10.0 Å². The third-order valence-corrected chi connectivity index (χ3v) is 4.76. The Morgan fingerprint density at radius 1 is 1.13 bits per heavy atom. The lowest BCUT2D eigenvalue weighted by Crippen LogP contribution is -2.32. The van der Waals surface area contributed by atoms with E-state index in [1.165, 1.54) is 19.2 Å². The molecule has 0 aliphatic heterocycles. The van der Waals surface area contributed by atoms with Crippen LogP contribution in [0.5, 0.6) is 0 Å². The number of methoxy groups -OCH3 is 1. The highest BCUT2D eigenvalue weighted by molar-refractivity contribution is 7.89. The van der Waals surface area contributed by atoms with E-state index >= 15 is 0 Å². The first-order valence-electron chi connectivity index (χ1n) is 7.84. The van der Waals surface area contributed by atoms with E-state index in [1.54, 1.807) is 17.0 Å². The second-order valence-corrected chi connectivity index (χ2v) is 6.97. The maximum Gasteiger partial charge on any atom is 0.253 e. The van der Waals surface area contributed by atoms with Gasteiger partial charge in [0, 0.05) is 32.3 Å². The molecule has 1 aromatic rings. The number of carbonyl (C=O) groups excluding carboxylic acids is 1. The van der Waals surface area contributed by atoms with Crippen LogP contribution in [0.15, 0.2) is 29.2 Å². The van der Waals surface area contributed by atoms with Crippen molar-refractivity contribution in [2.24, 2.45) is 0 Å². The van der Waals surface area contributed by atoms with E-state index in [4.69, 9.17) is 4.74 Å². The van der Waals surface area contributed by atoms with Crippen molar-refractivity contribution in [1.29, 1.82) is 0 Å². The van der Waals surface area contributed by atoms with Crippen molar-refractivity contribution in [3.63, 3.8) is 0 Å². The number of ether oxygens (including phenoxy) is 1. The van der Waals surface area contributed by atoms with Gasteiger partial charge in [-0.3, -0.25) is 4.79 Å². The van der Waals surface area contributed by atoms with Crippen LogP contribution in [0.2, 0.25) is 0 Å². The molecule has 0 aromatic heterocycles. The SMILES string of the molecule is CCCN(CCC)C(=O)c1ccc(S(=O)(=O)NCCOC)cc1. The zero-order valence-corrected chi connectivity index (χ0v) is 14.9. The molecule has 0 aliphatic carbocycles. The summed E-state index contributed by atoms with van der Waals surface area (Å²) in [6.45, 7) is 5.96.